The molecule has 2 heterocycles. The Morgan fingerprint density at radius 2 is 1.56 bits per heavy atom. The van der Waals surface area contributed by atoms with Crippen molar-refractivity contribution in [2.45, 2.75) is 11.3 Å². The SMILES string of the molecule is Cn1c(N2CCN(CCCOc3ccccc3NS(=O)(=O)c3ccccc3)CC2)cc(=O)n(C)c1=O. The maximum Gasteiger partial charge on any atom is 0.332 e. The number of hydrogen-bond donors (Lipinski definition) is 1. The van der Waals surface area contributed by atoms with Crippen molar-refractivity contribution in [3.05, 3.63) is 81.5 Å². The van der Waals surface area contributed by atoms with E-state index in [1.54, 1.807) is 61.6 Å². The molecule has 0 saturated carbocycles. The lowest BCUT2D eigenvalue weighted by Crippen LogP contribution is -2.49. The lowest BCUT2D eigenvalue weighted by atomic mass is 10.3. The van der Waals surface area contributed by atoms with E-state index in [1.165, 1.54) is 17.7 Å². The first-order chi connectivity index (χ1) is 17.3. The molecule has 0 atom stereocenters. The van der Waals surface area contributed by atoms with E-state index in [0.717, 1.165) is 30.6 Å². The maximum absolute atomic E-state index is 12.7. The molecule has 2 aromatic carbocycles. The van der Waals surface area contributed by atoms with Crippen LogP contribution in [0.5, 0.6) is 5.75 Å². The normalized spacial score (nSPS) is 14.6. The number of aromatic nitrogens is 2. The van der Waals surface area contributed by atoms with Crippen LogP contribution in [0.25, 0.3) is 0 Å². The zero-order chi connectivity index (χ0) is 25.7. The van der Waals surface area contributed by atoms with Crippen molar-refractivity contribution < 1.29 is 13.2 Å². The number of ether oxygens (including phenoxy) is 1. The first-order valence-corrected chi connectivity index (χ1v) is 13.3. The molecule has 1 N–H and O–H groups in total. The highest BCUT2D eigenvalue weighted by Crippen LogP contribution is 2.26. The highest BCUT2D eigenvalue weighted by Gasteiger charge is 2.20. The number of nitrogens with one attached hydrogen (secondary N) is 1. The van der Waals surface area contributed by atoms with Crippen molar-refractivity contribution in [1.82, 2.24) is 14.0 Å². The Morgan fingerprint density at radius 3 is 2.28 bits per heavy atom. The first-order valence-electron chi connectivity index (χ1n) is 11.8. The zero-order valence-electron chi connectivity index (χ0n) is 20.5. The molecule has 4 rings (SSSR count). The molecule has 36 heavy (non-hydrogen) atoms. The van der Waals surface area contributed by atoms with Gasteiger partial charge in [0.05, 0.1) is 17.2 Å². The molecule has 1 saturated heterocycles. The molecule has 192 valence electrons. The lowest BCUT2D eigenvalue weighted by molar-refractivity contribution is 0.224. The molecule has 0 bridgehead atoms. The van der Waals surface area contributed by atoms with Crippen LogP contribution in [0, 0.1) is 0 Å². The van der Waals surface area contributed by atoms with Crippen LogP contribution in [0.1, 0.15) is 6.42 Å². The van der Waals surface area contributed by atoms with Gasteiger partial charge in [0, 0.05) is 52.9 Å². The summed E-state index contributed by atoms with van der Waals surface area (Å²) in [6.07, 6.45) is 0.768. The van der Waals surface area contributed by atoms with Crippen LogP contribution < -0.4 is 25.6 Å². The molecule has 3 aromatic rings. The van der Waals surface area contributed by atoms with Crippen LogP contribution in [0.2, 0.25) is 0 Å². The van der Waals surface area contributed by atoms with E-state index in [4.69, 9.17) is 4.74 Å². The molecular formula is C25H31N5O5S. The Labute approximate surface area is 210 Å². The second kappa shape index (κ2) is 11.0. The minimum Gasteiger partial charge on any atom is -0.491 e. The fraction of sp³-hybridized carbons (Fsp3) is 0.360. The summed E-state index contributed by atoms with van der Waals surface area (Å²) in [7, 11) is -0.551. The number of anilines is 2. The third-order valence-corrected chi connectivity index (χ3v) is 7.64. The van der Waals surface area contributed by atoms with Gasteiger partial charge in [-0.15, -0.1) is 0 Å². The Hall–Kier alpha value is -3.57. The van der Waals surface area contributed by atoms with Crippen molar-refractivity contribution in [2.75, 3.05) is 49.0 Å². The molecule has 0 amide bonds. The summed E-state index contributed by atoms with van der Waals surface area (Å²) in [5.41, 5.74) is -0.239. The van der Waals surface area contributed by atoms with E-state index in [-0.39, 0.29) is 16.1 Å². The standard InChI is InChI=1S/C25H31N5O5S/c1-27-23(19-24(31)28(2)25(27)32)30-16-14-29(15-17-30)13-8-18-35-22-12-7-6-11-21(22)26-36(33,34)20-9-4-3-5-10-20/h3-7,9-12,19,26H,8,13-18H2,1-2H3. The number of piperazine rings is 1. The van der Waals surface area contributed by atoms with E-state index in [9.17, 15) is 18.0 Å². The minimum atomic E-state index is -3.71. The average molecular weight is 514 g/mol. The largest absolute Gasteiger partial charge is 0.491 e. The Balaban J connectivity index is 1.28. The second-order valence-electron chi connectivity index (χ2n) is 8.69. The summed E-state index contributed by atoms with van der Waals surface area (Å²) in [6, 6.07) is 16.7. The molecule has 1 fully saturated rings. The van der Waals surface area contributed by atoms with Crippen LogP contribution in [-0.4, -0.2) is 61.8 Å². The molecule has 11 heteroatoms. The van der Waals surface area contributed by atoms with Gasteiger partial charge < -0.3 is 9.64 Å². The fourth-order valence-corrected chi connectivity index (χ4v) is 5.27. The summed E-state index contributed by atoms with van der Waals surface area (Å²) in [5.74, 6) is 1.12. The molecule has 1 aromatic heterocycles. The number of benzene rings is 2. The third kappa shape index (κ3) is 5.80. The van der Waals surface area contributed by atoms with Gasteiger partial charge in [-0.1, -0.05) is 30.3 Å². The van der Waals surface area contributed by atoms with Gasteiger partial charge in [0.25, 0.3) is 15.6 Å². The summed E-state index contributed by atoms with van der Waals surface area (Å²) in [6.45, 7) is 4.29. The van der Waals surface area contributed by atoms with Gasteiger partial charge in [-0.3, -0.25) is 23.6 Å². The average Bonchev–Trinajstić information content (AvgIpc) is 2.89. The van der Waals surface area contributed by atoms with Gasteiger partial charge >= 0.3 is 5.69 Å². The van der Waals surface area contributed by atoms with Gasteiger partial charge in [-0.2, -0.15) is 0 Å². The third-order valence-electron chi connectivity index (χ3n) is 6.26. The second-order valence-corrected chi connectivity index (χ2v) is 10.4. The Morgan fingerprint density at radius 1 is 0.889 bits per heavy atom. The quantitative estimate of drug-likeness (QED) is 0.432. The van der Waals surface area contributed by atoms with Crippen LogP contribution in [0.15, 0.2) is 75.1 Å². The van der Waals surface area contributed by atoms with Gasteiger partial charge in [0.2, 0.25) is 0 Å². The predicted octanol–water partition coefficient (Wildman–Crippen LogP) is 1.48. The monoisotopic (exact) mass is 513 g/mol. The fourth-order valence-electron chi connectivity index (χ4n) is 4.18. The van der Waals surface area contributed by atoms with Gasteiger partial charge in [0.1, 0.15) is 11.6 Å². The van der Waals surface area contributed by atoms with Crippen molar-refractivity contribution in [3.63, 3.8) is 0 Å². The molecule has 0 unspecified atom stereocenters. The molecule has 1 aliphatic heterocycles. The summed E-state index contributed by atoms with van der Waals surface area (Å²) >= 11 is 0. The van der Waals surface area contributed by atoms with Crippen LogP contribution in [0.4, 0.5) is 11.5 Å². The van der Waals surface area contributed by atoms with Crippen molar-refractivity contribution >= 4 is 21.5 Å². The topological polar surface area (TPSA) is 106 Å². The molecule has 0 radical (unpaired) electrons. The smallest absolute Gasteiger partial charge is 0.332 e. The first kappa shape index (κ1) is 25.5. The molecule has 10 nitrogen and oxygen atoms in total. The van der Waals surface area contributed by atoms with E-state index in [0.29, 0.717) is 37.0 Å². The number of rotatable bonds is 9. The molecule has 0 aliphatic carbocycles. The maximum atomic E-state index is 12.7. The van der Waals surface area contributed by atoms with E-state index < -0.39 is 10.0 Å². The Bertz CT molecular complexity index is 1410. The number of para-hydroxylation sites is 2. The van der Waals surface area contributed by atoms with Crippen molar-refractivity contribution in [3.8, 4) is 5.75 Å². The van der Waals surface area contributed by atoms with Gasteiger partial charge in [-0.25, -0.2) is 13.2 Å². The van der Waals surface area contributed by atoms with E-state index in [1.807, 2.05) is 0 Å². The number of nitrogens with zero attached hydrogens (tertiary/aromatic N) is 4. The zero-order valence-corrected chi connectivity index (χ0v) is 21.3. The van der Waals surface area contributed by atoms with E-state index in [2.05, 4.69) is 14.5 Å². The summed E-state index contributed by atoms with van der Waals surface area (Å²) in [4.78, 5) is 28.8. The predicted molar refractivity (Wildman–Crippen MR) is 139 cm³/mol. The van der Waals surface area contributed by atoms with Crippen LogP contribution in [0.3, 0.4) is 0 Å². The Kier molecular flexibility index (Phi) is 7.80. The highest BCUT2D eigenvalue weighted by atomic mass is 32.2. The summed E-state index contributed by atoms with van der Waals surface area (Å²) in [5, 5.41) is 0. The lowest BCUT2D eigenvalue weighted by Gasteiger charge is -2.36. The molecule has 1 aliphatic rings. The van der Waals surface area contributed by atoms with Crippen molar-refractivity contribution in [1.29, 1.82) is 0 Å². The van der Waals surface area contributed by atoms with Crippen LogP contribution >= 0.6 is 0 Å². The minimum absolute atomic E-state index is 0.190. The molecular weight excluding hydrogens is 482 g/mol. The van der Waals surface area contributed by atoms with E-state index >= 15 is 0 Å². The van der Waals surface area contributed by atoms with Crippen molar-refractivity contribution in [2.24, 2.45) is 14.1 Å². The van der Waals surface area contributed by atoms with Crippen LogP contribution in [-0.2, 0) is 24.1 Å². The molecule has 0 spiro atoms. The van der Waals surface area contributed by atoms with Gasteiger partial charge in [-0.05, 0) is 30.7 Å². The highest BCUT2D eigenvalue weighted by molar-refractivity contribution is 7.92. The summed E-state index contributed by atoms with van der Waals surface area (Å²) < 4.78 is 36.5. The number of hydrogen-bond acceptors (Lipinski definition) is 7. The number of sulfonamides is 1. The van der Waals surface area contributed by atoms with Gasteiger partial charge in [0.15, 0.2) is 0 Å².